The fraction of sp³-hybridized carbons (Fsp3) is 0.476. The third-order valence-corrected chi connectivity index (χ3v) is 5.97. The summed E-state index contributed by atoms with van der Waals surface area (Å²) in [5, 5.41) is 0. The Hall–Kier alpha value is -2.54. The van der Waals surface area contributed by atoms with Gasteiger partial charge in [0.2, 0.25) is 11.9 Å². The minimum absolute atomic E-state index is 0.0228. The Kier molecular flexibility index (Phi) is 5.02. The summed E-state index contributed by atoms with van der Waals surface area (Å²) in [7, 11) is 3.62. The number of likely N-dealkylation sites (tertiary alicyclic amines) is 1. The van der Waals surface area contributed by atoms with Gasteiger partial charge in [0.05, 0.1) is 11.5 Å². The second-order valence-electron chi connectivity index (χ2n) is 7.98. The van der Waals surface area contributed by atoms with Crippen molar-refractivity contribution in [3.8, 4) is 0 Å². The largest absolute Gasteiger partial charge is 0.348 e. The molecule has 1 amide bonds. The molecule has 1 aromatic heterocycles. The molecule has 3 heterocycles. The summed E-state index contributed by atoms with van der Waals surface area (Å²) >= 11 is 0. The fourth-order valence-corrected chi connectivity index (χ4v) is 4.78. The number of benzene rings is 1. The highest BCUT2D eigenvalue weighted by molar-refractivity contribution is 5.85. The third kappa shape index (κ3) is 3.24. The second kappa shape index (κ2) is 7.47. The van der Waals surface area contributed by atoms with Crippen LogP contribution >= 0.6 is 0 Å². The Bertz CT molecular complexity index is 846. The van der Waals surface area contributed by atoms with E-state index in [1.165, 1.54) is 6.07 Å². The smallest absolute Gasteiger partial charge is 0.231 e. The van der Waals surface area contributed by atoms with Gasteiger partial charge in [0, 0.05) is 58.2 Å². The van der Waals surface area contributed by atoms with Gasteiger partial charge in [0.1, 0.15) is 5.82 Å². The standard InChI is InChI=1S/C21H26FN5O/c1-25(2)19(28)21-9-5-12-27(20-23-10-6-11-24-20)18(21)14-26(15-21)13-16-7-3-4-8-17(16)22/h3-4,6-8,10-11,18H,5,9,12-15H2,1-2H3/t18-,21-/m0/s1. The molecule has 0 saturated carbocycles. The number of hydrogen-bond acceptors (Lipinski definition) is 5. The van der Waals surface area contributed by atoms with Crippen molar-refractivity contribution in [2.24, 2.45) is 5.41 Å². The summed E-state index contributed by atoms with van der Waals surface area (Å²) in [5.74, 6) is 0.596. The predicted octanol–water partition coefficient (Wildman–Crippen LogP) is 2.17. The summed E-state index contributed by atoms with van der Waals surface area (Å²) in [6, 6.07) is 8.63. The highest BCUT2D eigenvalue weighted by atomic mass is 19.1. The number of piperidine rings is 1. The molecule has 1 aromatic carbocycles. The van der Waals surface area contributed by atoms with Crippen molar-refractivity contribution < 1.29 is 9.18 Å². The van der Waals surface area contributed by atoms with Gasteiger partial charge < -0.3 is 9.80 Å². The SMILES string of the molecule is CN(C)C(=O)[C@]12CCCN(c3ncccn3)[C@H]1CN(Cc1ccccc1F)C2. The van der Waals surface area contributed by atoms with E-state index >= 15 is 0 Å². The number of anilines is 1. The van der Waals surface area contributed by atoms with E-state index in [0.717, 1.165) is 19.4 Å². The van der Waals surface area contributed by atoms with Gasteiger partial charge in [-0.2, -0.15) is 0 Å². The summed E-state index contributed by atoms with van der Waals surface area (Å²) in [4.78, 5) is 28.2. The molecule has 2 fully saturated rings. The van der Waals surface area contributed by atoms with Gasteiger partial charge in [0.15, 0.2) is 0 Å². The molecule has 2 aromatic rings. The summed E-state index contributed by atoms with van der Waals surface area (Å²) in [6.07, 6.45) is 5.20. The summed E-state index contributed by atoms with van der Waals surface area (Å²) in [6.45, 7) is 2.62. The second-order valence-corrected chi connectivity index (χ2v) is 7.98. The molecule has 148 valence electrons. The van der Waals surface area contributed by atoms with Crippen molar-refractivity contribution in [3.05, 3.63) is 54.1 Å². The molecule has 2 atom stereocenters. The number of aromatic nitrogens is 2. The monoisotopic (exact) mass is 383 g/mol. The highest BCUT2D eigenvalue weighted by Crippen LogP contribution is 2.44. The first-order valence-corrected chi connectivity index (χ1v) is 9.72. The van der Waals surface area contributed by atoms with Gasteiger partial charge in [-0.05, 0) is 25.0 Å². The van der Waals surface area contributed by atoms with Crippen LogP contribution in [0.25, 0.3) is 0 Å². The van der Waals surface area contributed by atoms with Crippen molar-refractivity contribution in [1.82, 2.24) is 19.8 Å². The number of rotatable bonds is 4. The van der Waals surface area contributed by atoms with Gasteiger partial charge in [0.25, 0.3) is 0 Å². The summed E-state index contributed by atoms with van der Waals surface area (Å²) < 4.78 is 14.2. The van der Waals surface area contributed by atoms with Crippen LogP contribution in [0.3, 0.4) is 0 Å². The Morgan fingerprint density at radius 1 is 1.25 bits per heavy atom. The maximum Gasteiger partial charge on any atom is 0.231 e. The van der Waals surface area contributed by atoms with E-state index in [0.29, 0.717) is 31.1 Å². The number of halogens is 1. The van der Waals surface area contributed by atoms with E-state index in [2.05, 4.69) is 19.8 Å². The van der Waals surface area contributed by atoms with Gasteiger partial charge in [-0.1, -0.05) is 18.2 Å². The normalized spacial score (nSPS) is 24.8. The molecule has 0 N–H and O–H groups in total. The van der Waals surface area contributed by atoms with E-state index in [4.69, 9.17) is 0 Å². The molecule has 0 unspecified atom stereocenters. The lowest BCUT2D eigenvalue weighted by Crippen LogP contribution is -2.58. The minimum Gasteiger partial charge on any atom is -0.348 e. The lowest BCUT2D eigenvalue weighted by molar-refractivity contribution is -0.140. The van der Waals surface area contributed by atoms with Gasteiger partial charge in [-0.15, -0.1) is 0 Å². The van der Waals surface area contributed by atoms with Crippen molar-refractivity contribution in [2.75, 3.05) is 38.6 Å². The van der Waals surface area contributed by atoms with Crippen LogP contribution < -0.4 is 4.90 Å². The quantitative estimate of drug-likeness (QED) is 0.810. The maximum absolute atomic E-state index is 14.2. The van der Waals surface area contributed by atoms with Crippen molar-refractivity contribution in [3.63, 3.8) is 0 Å². The predicted molar refractivity (Wildman–Crippen MR) is 105 cm³/mol. The maximum atomic E-state index is 14.2. The average molecular weight is 383 g/mol. The van der Waals surface area contributed by atoms with Crippen molar-refractivity contribution in [2.45, 2.75) is 25.4 Å². The molecular formula is C21H26FN5O. The molecule has 0 aliphatic carbocycles. The number of hydrogen-bond donors (Lipinski definition) is 0. The molecule has 2 aliphatic rings. The molecule has 7 heteroatoms. The lowest BCUT2D eigenvalue weighted by atomic mass is 9.74. The van der Waals surface area contributed by atoms with Crippen LogP contribution in [0.4, 0.5) is 10.3 Å². The van der Waals surface area contributed by atoms with E-state index in [9.17, 15) is 9.18 Å². The zero-order valence-electron chi connectivity index (χ0n) is 16.4. The summed E-state index contributed by atoms with van der Waals surface area (Å²) in [5.41, 5.74) is 0.141. The minimum atomic E-state index is -0.522. The molecule has 0 radical (unpaired) electrons. The Balaban J connectivity index is 1.67. The van der Waals surface area contributed by atoms with E-state index in [-0.39, 0.29) is 17.8 Å². The molecule has 2 aliphatic heterocycles. The van der Waals surface area contributed by atoms with Crippen molar-refractivity contribution in [1.29, 1.82) is 0 Å². The fourth-order valence-electron chi connectivity index (χ4n) is 4.78. The zero-order valence-corrected chi connectivity index (χ0v) is 16.4. The number of amides is 1. The van der Waals surface area contributed by atoms with Gasteiger partial charge in [-0.25, -0.2) is 14.4 Å². The molecule has 6 nitrogen and oxygen atoms in total. The highest BCUT2D eigenvalue weighted by Gasteiger charge is 2.56. The molecule has 4 rings (SSSR count). The lowest BCUT2D eigenvalue weighted by Gasteiger charge is -2.45. The first-order chi connectivity index (χ1) is 13.5. The first-order valence-electron chi connectivity index (χ1n) is 9.72. The zero-order chi connectivity index (χ0) is 19.7. The number of nitrogens with zero attached hydrogens (tertiary/aromatic N) is 5. The molecule has 2 saturated heterocycles. The Morgan fingerprint density at radius 2 is 2.00 bits per heavy atom. The van der Waals surface area contributed by atoms with Crippen LogP contribution in [0.2, 0.25) is 0 Å². The average Bonchev–Trinajstić information content (AvgIpc) is 3.09. The van der Waals surface area contributed by atoms with Crippen LogP contribution in [0.1, 0.15) is 18.4 Å². The van der Waals surface area contributed by atoms with Crippen LogP contribution in [0, 0.1) is 11.2 Å². The molecule has 0 spiro atoms. The molecule has 0 bridgehead atoms. The van der Waals surface area contributed by atoms with Gasteiger partial charge in [-0.3, -0.25) is 9.69 Å². The number of fused-ring (bicyclic) bond motifs is 1. The van der Waals surface area contributed by atoms with E-state index < -0.39 is 5.41 Å². The third-order valence-electron chi connectivity index (χ3n) is 5.97. The topological polar surface area (TPSA) is 52.6 Å². The van der Waals surface area contributed by atoms with E-state index in [1.54, 1.807) is 29.4 Å². The van der Waals surface area contributed by atoms with Crippen molar-refractivity contribution >= 4 is 11.9 Å². The van der Waals surface area contributed by atoms with Crippen LogP contribution in [-0.2, 0) is 11.3 Å². The van der Waals surface area contributed by atoms with Crippen LogP contribution in [-0.4, -0.2) is 65.4 Å². The number of carbonyl (C=O) groups excluding carboxylic acids is 1. The first kappa shape index (κ1) is 18.8. The van der Waals surface area contributed by atoms with Crippen LogP contribution in [0.15, 0.2) is 42.7 Å². The Labute approximate surface area is 165 Å². The Morgan fingerprint density at radius 3 is 2.71 bits per heavy atom. The molecule has 28 heavy (non-hydrogen) atoms. The number of carbonyl (C=O) groups is 1. The van der Waals surface area contributed by atoms with E-state index in [1.807, 2.05) is 26.2 Å². The molecular weight excluding hydrogens is 357 g/mol. The van der Waals surface area contributed by atoms with Gasteiger partial charge >= 0.3 is 0 Å². The van der Waals surface area contributed by atoms with Crippen LogP contribution in [0.5, 0.6) is 0 Å².